The number of benzene rings is 1. The Labute approximate surface area is 228 Å². The average Bonchev–Trinajstić information content (AvgIpc) is 2.86. The van der Waals surface area contributed by atoms with Crippen LogP contribution in [0.25, 0.3) is 0 Å². The number of ether oxygens (including phenoxy) is 1. The first-order valence-electron chi connectivity index (χ1n) is 13.9. The minimum absolute atomic E-state index is 0.0934. The van der Waals surface area contributed by atoms with Crippen LogP contribution in [0.4, 0.5) is 4.79 Å². The van der Waals surface area contributed by atoms with E-state index in [9.17, 15) is 14.4 Å². The summed E-state index contributed by atoms with van der Waals surface area (Å²) in [4.78, 5) is 41.9. The van der Waals surface area contributed by atoms with Gasteiger partial charge in [0.05, 0.1) is 0 Å². The summed E-state index contributed by atoms with van der Waals surface area (Å²) in [7, 11) is 0. The highest BCUT2D eigenvalue weighted by Gasteiger charge is 2.36. The van der Waals surface area contributed by atoms with Crippen molar-refractivity contribution in [3.63, 3.8) is 0 Å². The standard InChI is InChI=1S/C29H47N3O4S/c1-5-6-7-8-15-20-32(27(34)24(21-37)31-28(35)36-29(2,3)4)25(22-16-11-9-12-17-22)26(33)30-23-18-13-10-14-19-23/h9,11-12,16-17,23-25,37H,5-8,10,13-15,18-21H2,1-4H3,(H,30,33)(H,31,35). The molecule has 7 nitrogen and oxygen atoms in total. The Morgan fingerprint density at radius 3 is 2.27 bits per heavy atom. The van der Waals surface area contributed by atoms with E-state index in [0.29, 0.717) is 6.54 Å². The van der Waals surface area contributed by atoms with Gasteiger partial charge in [0.1, 0.15) is 17.7 Å². The Morgan fingerprint density at radius 1 is 1.03 bits per heavy atom. The molecule has 8 heteroatoms. The van der Waals surface area contributed by atoms with E-state index in [-0.39, 0.29) is 23.6 Å². The van der Waals surface area contributed by atoms with E-state index in [1.807, 2.05) is 30.3 Å². The molecule has 2 rings (SSSR count). The van der Waals surface area contributed by atoms with Gasteiger partial charge >= 0.3 is 6.09 Å². The van der Waals surface area contributed by atoms with Gasteiger partial charge in [0.25, 0.3) is 0 Å². The van der Waals surface area contributed by atoms with Gasteiger partial charge in [0.2, 0.25) is 11.8 Å². The van der Waals surface area contributed by atoms with Gasteiger partial charge in [-0.1, -0.05) is 82.2 Å². The number of thiol groups is 1. The number of alkyl carbamates (subject to hydrolysis) is 1. The number of nitrogens with zero attached hydrogens (tertiary/aromatic N) is 1. The average molecular weight is 534 g/mol. The third kappa shape index (κ3) is 11.0. The number of nitrogens with one attached hydrogen (secondary N) is 2. The van der Waals surface area contributed by atoms with Crippen molar-refractivity contribution in [3.05, 3.63) is 35.9 Å². The van der Waals surface area contributed by atoms with Crippen molar-refractivity contribution in [3.8, 4) is 0 Å². The molecule has 3 amide bonds. The molecule has 0 heterocycles. The smallest absolute Gasteiger partial charge is 0.408 e. The topological polar surface area (TPSA) is 87.7 Å². The molecule has 1 aromatic carbocycles. The zero-order chi connectivity index (χ0) is 27.3. The van der Waals surface area contributed by atoms with Gasteiger partial charge in [0, 0.05) is 18.3 Å². The van der Waals surface area contributed by atoms with Crippen molar-refractivity contribution < 1.29 is 19.1 Å². The lowest BCUT2D eigenvalue weighted by atomic mass is 9.94. The van der Waals surface area contributed by atoms with E-state index < -0.39 is 23.8 Å². The summed E-state index contributed by atoms with van der Waals surface area (Å²) in [5.74, 6) is -0.407. The Kier molecular flexibility index (Phi) is 13.3. The summed E-state index contributed by atoms with van der Waals surface area (Å²) < 4.78 is 5.38. The van der Waals surface area contributed by atoms with E-state index in [2.05, 4.69) is 30.2 Å². The van der Waals surface area contributed by atoms with Gasteiger partial charge in [-0.2, -0.15) is 12.6 Å². The number of hydrogen-bond acceptors (Lipinski definition) is 5. The third-order valence-corrected chi connectivity index (χ3v) is 6.95. The fourth-order valence-corrected chi connectivity index (χ4v) is 4.97. The Balaban J connectivity index is 2.33. The quantitative estimate of drug-likeness (QED) is 0.221. The van der Waals surface area contributed by atoms with Gasteiger partial charge in [-0.05, 0) is 45.6 Å². The van der Waals surface area contributed by atoms with E-state index in [1.54, 1.807) is 25.7 Å². The molecule has 2 atom stereocenters. The van der Waals surface area contributed by atoms with Gasteiger partial charge in [0.15, 0.2) is 0 Å². The molecule has 1 fully saturated rings. The first kappa shape index (κ1) is 31.0. The van der Waals surface area contributed by atoms with Gasteiger partial charge in [-0.25, -0.2) is 4.79 Å². The number of amides is 3. The number of carbonyl (C=O) groups is 3. The van der Waals surface area contributed by atoms with Gasteiger partial charge in [-0.15, -0.1) is 0 Å². The van der Waals surface area contributed by atoms with Crippen LogP contribution in [0.15, 0.2) is 30.3 Å². The number of carbonyl (C=O) groups excluding carboxylic acids is 3. The van der Waals surface area contributed by atoms with Crippen molar-refractivity contribution in [2.45, 2.75) is 116 Å². The van der Waals surface area contributed by atoms with Crippen LogP contribution in [0, 0.1) is 0 Å². The van der Waals surface area contributed by atoms with Crippen LogP contribution in [0.3, 0.4) is 0 Å². The highest BCUT2D eigenvalue weighted by atomic mass is 32.1. The molecular formula is C29H47N3O4S. The number of rotatable bonds is 13. The molecule has 0 aromatic heterocycles. The number of unbranched alkanes of at least 4 members (excludes halogenated alkanes) is 4. The third-order valence-electron chi connectivity index (χ3n) is 6.58. The minimum Gasteiger partial charge on any atom is -0.444 e. The maximum absolute atomic E-state index is 13.9. The van der Waals surface area contributed by atoms with Crippen LogP contribution in [-0.4, -0.2) is 52.8 Å². The molecule has 0 radical (unpaired) electrons. The van der Waals surface area contributed by atoms with E-state index >= 15 is 0 Å². The molecule has 0 spiro atoms. The lowest BCUT2D eigenvalue weighted by molar-refractivity contribution is -0.142. The first-order chi connectivity index (χ1) is 17.7. The Morgan fingerprint density at radius 2 is 1.68 bits per heavy atom. The molecule has 1 aliphatic carbocycles. The fourth-order valence-electron chi connectivity index (χ4n) is 4.72. The summed E-state index contributed by atoms with van der Waals surface area (Å²) in [6.07, 6.45) is 9.71. The van der Waals surface area contributed by atoms with Crippen LogP contribution >= 0.6 is 12.6 Å². The van der Waals surface area contributed by atoms with Crippen molar-refractivity contribution in [2.75, 3.05) is 12.3 Å². The van der Waals surface area contributed by atoms with Crippen molar-refractivity contribution >= 4 is 30.5 Å². The van der Waals surface area contributed by atoms with Crippen LogP contribution in [-0.2, 0) is 14.3 Å². The monoisotopic (exact) mass is 533 g/mol. The first-order valence-corrected chi connectivity index (χ1v) is 14.6. The summed E-state index contributed by atoms with van der Waals surface area (Å²) in [6.45, 7) is 7.90. The van der Waals surface area contributed by atoms with E-state index in [0.717, 1.165) is 63.4 Å². The lowest BCUT2D eigenvalue weighted by Crippen LogP contribution is -2.54. The normalized spacial score (nSPS) is 15.9. The molecule has 2 N–H and O–H groups in total. The van der Waals surface area contributed by atoms with Gasteiger partial charge in [-0.3, -0.25) is 9.59 Å². The highest BCUT2D eigenvalue weighted by Crippen LogP contribution is 2.25. The minimum atomic E-state index is -0.914. The molecule has 208 valence electrons. The van der Waals surface area contributed by atoms with Crippen molar-refractivity contribution in [1.82, 2.24) is 15.5 Å². The predicted molar refractivity (Wildman–Crippen MR) is 152 cm³/mol. The van der Waals surface area contributed by atoms with Gasteiger partial charge < -0.3 is 20.3 Å². The Bertz CT molecular complexity index is 837. The molecule has 1 aliphatic rings. The summed E-state index contributed by atoms with van der Waals surface area (Å²) in [6, 6.07) is 7.86. The molecule has 2 unspecified atom stereocenters. The zero-order valence-electron chi connectivity index (χ0n) is 23.1. The Hall–Kier alpha value is -2.22. The second-order valence-corrected chi connectivity index (χ2v) is 11.3. The van der Waals surface area contributed by atoms with Crippen molar-refractivity contribution in [2.24, 2.45) is 0 Å². The number of hydrogen-bond donors (Lipinski definition) is 3. The summed E-state index contributed by atoms with van der Waals surface area (Å²) >= 11 is 4.37. The van der Waals surface area contributed by atoms with Crippen molar-refractivity contribution in [1.29, 1.82) is 0 Å². The second kappa shape index (κ2) is 15.9. The SMILES string of the molecule is CCCCCCCN(C(=O)C(CS)NC(=O)OC(C)(C)C)C(C(=O)NC1CCCCC1)c1ccccc1. The molecule has 0 saturated heterocycles. The van der Waals surface area contributed by atoms with E-state index in [4.69, 9.17) is 4.74 Å². The molecule has 1 saturated carbocycles. The summed E-state index contributed by atoms with van der Waals surface area (Å²) in [5.41, 5.74) is 0.0626. The summed E-state index contributed by atoms with van der Waals surface area (Å²) in [5, 5.41) is 5.91. The maximum Gasteiger partial charge on any atom is 0.408 e. The predicted octanol–water partition coefficient (Wildman–Crippen LogP) is 5.80. The van der Waals surface area contributed by atoms with E-state index in [1.165, 1.54) is 6.42 Å². The molecular weight excluding hydrogens is 486 g/mol. The molecule has 0 aliphatic heterocycles. The molecule has 0 bridgehead atoms. The van der Waals surface area contributed by atoms with Crippen LogP contribution in [0.2, 0.25) is 0 Å². The second-order valence-electron chi connectivity index (χ2n) is 11.0. The van der Waals surface area contributed by atoms with Crippen LogP contribution in [0.5, 0.6) is 0 Å². The molecule has 1 aromatic rings. The zero-order valence-corrected chi connectivity index (χ0v) is 24.0. The van der Waals surface area contributed by atoms with Crippen LogP contribution < -0.4 is 10.6 Å². The highest BCUT2D eigenvalue weighted by molar-refractivity contribution is 7.80. The fraction of sp³-hybridized carbons (Fsp3) is 0.690. The van der Waals surface area contributed by atoms with Crippen LogP contribution in [0.1, 0.15) is 104 Å². The largest absolute Gasteiger partial charge is 0.444 e. The lowest BCUT2D eigenvalue weighted by Gasteiger charge is -2.35. The maximum atomic E-state index is 13.9. The molecule has 37 heavy (non-hydrogen) atoms.